The number of anilines is 2. The van der Waals surface area contributed by atoms with Crippen LogP contribution in [0, 0.1) is 0 Å². The van der Waals surface area contributed by atoms with Crippen LogP contribution < -0.4 is 24.8 Å². The zero-order valence-corrected chi connectivity index (χ0v) is 21.4. The largest absolute Gasteiger partial charge is 0.493 e. The zero-order chi connectivity index (χ0) is 24.5. The van der Waals surface area contributed by atoms with Crippen LogP contribution in [-0.4, -0.2) is 27.1 Å². The molecule has 2 N–H and O–H groups in total. The van der Waals surface area contributed by atoms with Gasteiger partial charge < -0.3 is 24.8 Å². The summed E-state index contributed by atoms with van der Waals surface area (Å²) in [6.07, 6.45) is 1.07. The third kappa shape index (κ3) is 4.36. The first-order chi connectivity index (χ1) is 17.0. The molecule has 0 bridgehead atoms. The van der Waals surface area contributed by atoms with E-state index in [-0.39, 0.29) is 17.7 Å². The summed E-state index contributed by atoms with van der Waals surface area (Å²) in [6, 6.07) is 19.8. The molecule has 0 saturated heterocycles. The predicted molar refractivity (Wildman–Crippen MR) is 141 cm³/mol. The number of methoxy groups -OCH3 is 3. The van der Waals surface area contributed by atoms with Crippen molar-refractivity contribution >= 4 is 33.1 Å². The zero-order valence-electron chi connectivity index (χ0n) is 19.9. The van der Waals surface area contributed by atoms with Gasteiger partial charge in [-0.05, 0) is 59.9 Å². The Hall–Kier alpha value is -3.45. The summed E-state index contributed by atoms with van der Waals surface area (Å²) in [5.74, 6) is 1.80. The van der Waals surface area contributed by atoms with Crippen LogP contribution in [0.15, 0.2) is 76.4 Å². The van der Waals surface area contributed by atoms with Crippen LogP contribution in [0.5, 0.6) is 17.2 Å². The van der Waals surface area contributed by atoms with Gasteiger partial charge in [0.1, 0.15) is 0 Å². The van der Waals surface area contributed by atoms with E-state index in [1.807, 2.05) is 48.5 Å². The Kier molecular flexibility index (Phi) is 6.43. The standard InChI is InChI=1S/C28H27BrN2O4/c1-33-24-14-18(15-25(34-2)28(24)35-3)17-12-22-26(23(32)13-17)27(16-7-6-8-19(29)11-16)31-21-10-5-4-9-20(21)30-22/h4-11,14-15,17,27,30-31H,12-13H2,1-3H3. The maximum Gasteiger partial charge on any atom is 0.203 e. The van der Waals surface area contributed by atoms with Gasteiger partial charge in [0.15, 0.2) is 17.3 Å². The first-order valence-corrected chi connectivity index (χ1v) is 12.3. The van der Waals surface area contributed by atoms with Crippen molar-refractivity contribution in [2.75, 3.05) is 32.0 Å². The van der Waals surface area contributed by atoms with Gasteiger partial charge in [-0.1, -0.05) is 40.2 Å². The number of halogens is 1. The van der Waals surface area contributed by atoms with E-state index >= 15 is 0 Å². The molecular formula is C28H27BrN2O4. The van der Waals surface area contributed by atoms with Crippen molar-refractivity contribution in [3.63, 3.8) is 0 Å². The highest BCUT2D eigenvalue weighted by Gasteiger charge is 2.36. The highest BCUT2D eigenvalue weighted by Crippen LogP contribution is 2.47. The normalized spacial score (nSPS) is 19.0. The fourth-order valence-corrected chi connectivity index (χ4v) is 5.42. The van der Waals surface area contributed by atoms with Gasteiger partial charge >= 0.3 is 0 Å². The second kappa shape index (κ2) is 9.66. The van der Waals surface area contributed by atoms with Gasteiger partial charge in [-0.25, -0.2) is 0 Å². The molecule has 7 heteroatoms. The van der Waals surface area contributed by atoms with Crippen LogP contribution >= 0.6 is 15.9 Å². The molecule has 2 atom stereocenters. The molecule has 0 amide bonds. The lowest BCUT2D eigenvalue weighted by molar-refractivity contribution is -0.116. The monoisotopic (exact) mass is 534 g/mol. The number of ketones is 1. The van der Waals surface area contributed by atoms with Gasteiger partial charge in [0.05, 0.1) is 38.7 Å². The Bertz CT molecular complexity index is 1290. The maximum absolute atomic E-state index is 13.8. The molecule has 3 aromatic rings. The number of Topliss-reactive ketones (excluding diaryl/α,β-unsaturated/α-hetero) is 1. The first-order valence-electron chi connectivity index (χ1n) is 11.5. The van der Waals surface area contributed by atoms with E-state index in [9.17, 15) is 4.79 Å². The number of carbonyl (C=O) groups excluding carboxylic acids is 1. The SMILES string of the molecule is COc1cc(C2CC(=O)C3=C(C2)Nc2ccccc2NC3c2cccc(Br)c2)cc(OC)c1OC. The van der Waals surface area contributed by atoms with Crippen LogP contribution in [0.4, 0.5) is 11.4 Å². The molecular weight excluding hydrogens is 508 g/mol. The Balaban J connectivity index is 1.60. The number of ether oxygens (including phenoxy) is 3. The van der Waals surface area contributed by atoms with E-state index in [4.69, 9.17) is 14.2 Å². The van der Waals surface area contributed by atoms with Crippen LogP contribution in [0.1, 0.15) is 35.9 Å². The smallest absolute Gasteiger partial charge is 0.203 e. The number of fused-ring (bicyclic) bond motifs is 1. The second-order valence-electron chi connectivity index (χ2n) is 8.68. The summed E-state index contributed by atoms with van der Waals surface area (Å²) >= 11 is 3.58. The van der Waals surface area contributed by atoms with Gasteiger partial charge in [-0.2, -0.15) is 0 Å². The van der Waals surface area contributed by atoms with Crippen molar-refractivity contribution in [2.24, 2.45) is 0 Å². The molecule has 1 aliphatic carbocycles. The van der Waals surface area contributed by atoms with Gasteiger partial charge in [0, 0.05) is 22.2 Å². The van der Waals surface area contributed by atoms with Crippen molar-refractivity contribution in [3.05, 3.63) is 87.5 Å². The number of carbonyl (C=O) groups is 1. The lowest BCUT2D eigenvalue weighted by atomic mass is 9.78. The number of hydrogen-bond acceptors (Lipinski definition) is 6. The third-order valence-corrected chi connectivity index (χ3v) is 7.14. The number of benzene rings is 3. The topological polar surface area (TPSA) is 68.8 Å². The van der Waals surface area contributed by atoms with Crippen molar-refractivity contribution < 1.29 is 19.0 Å². The summed E-state index contributed by atoms with van der Waals surface area (Å²) in [5, 5.41) is 7.20. The lowest BCUT2D eigenvalue weighted by Gasteiger charge is -2.30. The van der Waals surface area contributed by atoms with E-state index in [0.717, 1.165) is 38.2 Å². The van der Waals surface area contributed by atoms with E-state index in [1.54, 1.807) is 21.3 Å². The number of allylic oxidation sites excluding steroid dienone is 1. The fourth-order valence-electron chi connectivity index (χ4n) is 5.00. The van der Waals surface area contributed by atoms with Gasteiger partial charge in [-0.15, -0.1) is 0 Å². The van der Waals surface area contributed by atoms with Crippen molar-refractivity contribution in [1.29, 1.82) is 0 Å². The molecule has 0 saturated carbocycles. The number of nitrogens with one attached hydrogen (secondary N) is 2. The van der Waals surface area contributed by atoms with Crippen LogP contribution in [0.25, 0.3) is 0 Å². The Morgan fingerprint density at radius 2 is 1.54 bits per heavy atom. The molecule has 35 heavy (non-hydrogen) atoms. The first kappa shape index (κ1) is 23.3. The van der Waals surface area contributed by atoms with E-state index in [2.05, 4.69) is 38.7 Å². The molecule has 0 fully saturated rings. The Morgan fingerprint density at radius 3 is 2.20 bits per heavy atom. The molecule has 2 aliphatic rings. The van der Waals surface area contributed by atoms with E-state index < -0.39 is 0 Å². The van der Waals surface area contributed by atoms with Gasteiger partial charge in [0.25, 0.3) is 0 Å². The van der Waals surface area contributed by atoms with Crippen molar-refractivity contribution in [1.82, 2.24) is 0 Å². The van der Waals surface area contributed by atoms with E-state index in [1.165, 1.54) is 0 Å². The minimum atomic E-state index is -0.257. The lowest BCUT2D eigenvalue weighted by Crippen LogP contribution is -2.27. The average Bonchev–Trinajstić information content (AvgIpc) is 3.04. The highest BCUT2D eigenvalue weighted by molar-refractivity contribution is 9.10. The van der Waals surface area contributed by atoms with Crippen molar-refractivity contribution in [3.8, 4) is 17.2 Å². The Labute approximate surface area is 213 Å². The molecule has 0 radical (unpaired) electrons. The predicted octanol–water partition coefficient (Wildman–Crippen LogP) is 6.45. The van der Waals surface area contributed by atoms with Gasteiger partial charge in [-0.3, -0.25) is 4.79 Å². The third-order valence-electron chi connectivity index (χ3n) is 6.65. The Morgan fingerprint density at radius 1 is 0.829 bits per heavy atom. The number of rotatable bonds is 5. The summed E-state index contributed by atoms with van der Waals surface area (Å²) in [7, 11) is 4.79. The highest BCUT2D eigenvalue weighted by atomic mass is 79.9. The molecule has 0 aromatic heterocycles. The molecule has 6 nitrogen and oxygen atoms in total. The van der Waals surface area contributed by atoms with Crippen molar-refractivity contribution in [2.45, 2.75) is 24.8 Å². The average molecular weight is 535 g/mol. The molecule has 1 aliphatic heterocycles. The molecule has 1 heterocycles. The maximum atomic E-state index is 13.8. The van der Waals surface area contributed by atoms with Crippen LogP contribution in [0.2, 0.25) is 0 Å². The van der Waals surface area contributed by atoms with Crippen LogP contribution in [0.3, 0.4) is 0 Å². The summed E-state index contributed by atoms with van der Waals surface area (Å²) < 4.78 is 17.6. The minimum absolute atomic E-state index is 0.0316. The van der Waals surface area contributed by atoms with Gasteiger partial charge in [0.2, 0.25) is 5.75 Å². The summed E-state index contributed by atoms with van der Waals surface area (Å²) in [6.45, 7) is 0. The molecule has 2 unspecified atom stereocenters. The molecule has 180 valence electrons. The summed E-state index contributed by atoms with van der Waals surface area (Å²) in [4.78, 5) is 13.8. The van der Waals surface area contributed by atoms with E-state index in [0.29, 0.717) is 30.1 Å². The number of para-hydroxylation sites is 2. The summed E-state index contributed by atoms with van der Waals surface area (Å²) in [5.41, 5.74) is 5.64. The number of hydrogen-bond donors (Lipinski definition) is 2. The molecule has 0 spiro atoms. The quantitative estimate of drug-likeness (QED) is 0.391. The van der Waals surface area contributed by atoms with Crippen LogP contribution in [-0.2, 0) is 4.79 Å². The molecule has 5 rings (SSSR count). The second-order valence-corrected chi connectivity index (χ2v) is 9.60. The minimum Gasteiger partial charge on any atom is -0.493 e. The molecule has 3 aromatic carbocycles. The fraction of sp³-hybridized carbons (Fsp3) is 0.250.